The molecule has 2 aromatic rings. The number of carbonyl (C=O) groups is 1. The molecule has 3 rings (SSSR count). The normalized spacial score (nSPS) is 14.8. The van der Waals surface area contributed by atoms with Crippen LogP contribution in [0.3, 0.4) is 0 Å². The molecule has 1 N–H and O–H groups in total. The van der Waals surface area contributed by atoms with Crippen molar-refractivity contribution in [2.75, 3.05) is 24.7 Å². The number of amides is 1. The van der Waals surface area contributed by atoms with E-state index in [4.69, 9.17) is 16.3 Å². The first-order valence-corrected chi connectivity index (χ1v) is 10.5. The fraction of sp³-hybridized carbons (Fsp3) is 0.333. The Balaban J connectivity index is 1.58. The molecule has 1 aliphatic heterocycles. The predicted molar refractivity (Wildman–Crippen MR) is 96.6 cm³/mol. The Labute approximate surface area is 154 Å². The van der Waals surface area contributed by atoms with Crippen molar-refractivity contribution in [3.63, 3.8) is 0 Å². The van der Waals surface area contributed by atoms with Gasteiger partial charge in [0.25, 0.3) is 5.91 Å². The zero-order chi connectivity index (χ0) is 18.0. The first-order valence-electron chi connectivity index (χ1n) is 7.43. The number of aromatic nitrogens is 1. The Bertz CT molecular complexity index is 881. The van der Waals surface area contributed by atoms with E-state index in [0.29, 0.717) is 35.4 Å². The third kappa shape index (κ3) is 4.69. The van der Waals surface area contributed by atoms with E-state index in [1.807, 2.05) is 0 Å². The highest BCUT2D eigenvalue weighted by Crippen LogP contribution is 2.29. The van der Waals surface area contributed by atoms with E-state index in [1.165, 1.54) is 21.9 Å². The lowest BCUT2D eigenvalue weighted by Gasteiger charge is -2.23. The average Bonchev–Trinajstić information content (AvgIpc) is 2.94. The number of rotatable bonds is 5. The molecule has 1 aromatic carbocycles. The van der Waals surface area contributed by atoms with Crippen LogP contribution in [0.5, 0.6) is 5.75 Å². The maximum atomic E-state index is 12.0. The van der Waals surface area contributed by atoms with Gasteiger partial charge in [-0.05, 0) is 24.3 Å². The molecule has 0 atom stereocenters. The molecule has 10 heteroatoms. The third-order valence-corrected chi connectivity index (χ3v) is 6.09. The van der Waals surface area contributed by atoms with Crippen LogP contribution in [-0.2, 0) is 27.8 Å². The standard InChI is InChI=1S/C15H16ClN3O4S2/c1-25(21,22)19-7-6-12-13(8-19)24-15(17-12)18-14(20)9-23-11-4-2-10(16)3-5-11/h2-5H,6-9H2,1H3,(H,17,18,20). The Hall–Kier alpha value is -1.68. The fourth-order valence-corrected chi connectivity index (χ4v) is 4.38. The van der Waals surface area contributed by atoms with Gasteiger partial charge in [-0.15, -0.1) is 11.3 Å². The summed E-state index contributed by atoms with van der Waals surface area (Å²) < 4.78 is 30.1. The van der Waals surface area contributed by atoms with E-state index in [2.05, 4.69) is 10.3 Å². The zero-order valence-corrected chi connectivity index (χ0v) is 15.7. The van der Waals surface area contributed by atoms with Crippen molar-refractivity contribution < 1.29 is 17.9 Å². The number of anilines is 1. The van der Waals surface area contributed by atoms with Crippen LogP contribution in [0, 0.1) is 0 Å². The van der Waals surface area contributed by atoms with E-state index in [0.717, 1.165) is 10.6 Å². The number of sulfonamides is 1. The summed E-state index contributed by atoms with van der Waals surface area (Å²) in [5.41, 5.74) is 0.832. The lowest BCUT2D eigenvalue weighted by atomic mass is 10.2. The van der Waals surface area contributed by atoms with Gasteiger partial charge in [-0.2, -0.15) is 4.31 Å². The largest absolute Gasteiger partial charge is 0.484 e. The smallest absolute Gasteiger partial charge is 0.264 e. The molecule has 2 heterocycles. The van der Waals surface area contributed by atoms with Crippen LogP contribution < -0.4 is 10.1 Å². The second-order valence-electron chi connectivity index (χ2n) is 5.53. The molecular formula is C15H16ClN3O4S2. The van der Waals surface area contributed by atoms with E-state index < -0.39 is 10.0 Å². The monoisotopic (exact) mass is 401 g/mol. The van der Waals surface area contributed by atoms with Gasteiger partial charge in [-0.25, -0.2) is 13.4 Å². The summed E-state index contributed by atoms with van der Waals surface area (Å²) in [7, 11) is -3.23. The molecule has 0 spiro atoms. The van der Waals surface area contributed by atoms with Gasteiger partial charge in [0, 0.05) is 29.4 Å². The summed E-state index contributed by atoms with van der Waals surface area (Å²) in [5, 5.41) is 3.72. The van der Waals surface area contributed by atoms with Gasteiger partial charge in [-0.1, -0.05) is 11.6 Å². The van der Waals surface area contributed by atoms with Crippen molar-refractivity contribution in [1.82, 2.24) is 9.29 Å². The van der Waals surface area contributed by atoms with Crippen molar-refractivity contribution in [3.8, 4) is 5.75 Å². The van der Waals surface area contributed by atoms with Crippen LogP contribution in [-0.4, -0.2) is 43.0 Å². The molecule has 0 aliphatic carbocycles. The Kier molecular flexibility index (Phi) is 5.28. The Morgan fingerprint density at radius 1 is 1.40 bits per heavy atom. The number of halogens is 1. The topological polar surface area (TPSA) is 88.6 Å². The minimum Gasteiger partial charge on any atom is -0.484 e. The quantitative estimate of drug-likeness (QED) is 0.829. The summed E-state index contributed by atoms with van der Waals surface area (Å²) >= 11 is 7.07. The summed E-state index contributed by atoms with van der Waals surface area (Å²) in [5.74, 6) is 0.211. The lowest BCUT2D eigenvalue weighted by molar-refractivity contribution is -0.118. The SMILES string of the molecule is CS(=O)(=O)N1CCc2nc(NC(=O)COc3ccc(Cl)cc3)sc2C1. The second-order valence-corrected chi connectivity index (χ2v) is 9.03. The van der Waals surface area contributed by atoms with Crippen molar-refractivity contribution in [1.29, 1.82) is 0 Å². The van der Waals surface area contributed by atoms with Gasteiger partial charge < -0.3 is 4.74 Å². The zero-order valence-electron chi connectivity index (χ0n) is 13.4. The van der Waals surface area contributed by atoms with Crippen LogP contribution in [0.15, 0.2) is 24.3 Å². The fourth-order valence-electron chi connectivity index (χ4n) is 2.34. The number of carbonyl (C=O) groups excluding carboxylic acids is 1. The van der Waals surface area contributed by atoms with E-state index >= 15 is 0 Å². The van der Waals surface area contributed by atoms with Gasteiger partial charge in [0.05, 0.1) is 11.9 Å². The molecule has 25 heavy (non-hydrogen) atoms. The summed E-state index contributed by atoms with van der Waals surface area (Å²) in [6.07, 6.45) is 1.73. The van der Waals surface area contributed by atoms with Gasteiger partial charge in [-0.3, -0.25) is 10.1 Å². The minimum atomic E-state index is -3.23. The minimum absolute atomic E-state index is 0.151. The summed E-state index contributed by atoms with van der Waals surface area (Å²) in [6.45, 7) is 0.549. The second kappa shape index (κ2) is 7.28. The number of nitrogens with zero attached hydrogens (tertiary/aromatic N) is 2. The van der Waals surface area contributed by atoms with Gasteiger partial charge in [0.1, 0.15) is 5.75 Å². The van der Waals surface area contributed by atoms with Crippen molar-refractivity contribution in [2.45, 2.75) is 13.0 Å². The molecule has 134 valence electrons. The van der Waals surface area contributed by atoms with E-state index in [-0.39, 0.29) is 12.5 Å². The van der Waals surface area contributed by atoms with Crippen LogP contribution in [0.2, 0.25) is 5.02 Å². The molecule has 0 bridgehead atoms. The average molecular weight is 402 g/mol. The van der Waals surface area contributed by atoms with Gasteiger partial charge in [0.2, 0.25) is 10.0 Å². The Morgan fingerprint density at radius 3 is 2.80 bits per heavy atom. The van der Waals surface area contributed by atoms with Crippen molar-refractivity contribution >= 4 is 44.0 Å². The van der Waals surface area contributed by atoms with Crippen LogP contribution in [0.4, 0.5) is 5.13 Å². The molecule has 1 aromatic heterocycles. The lowest BCUT2D eigenvalue weighted by Crippen LogP contribution is -2.34. The number of fused-ring (bicyclic) bond motifs is 1. The first kappa shape index (κ1) is 18.1. The molecule has 1 aliphatic rings. The number of thiazole rings is 1. The van der Waals surface area contributed by atoms with Gasteiger partial charge >= 0.3 is 0 Å². The third-order valence-electron chi connectivity index (χ3n) is 3.60. The highest BCUT2D eigenvalue weighted by atomic mass is 35.5. The van der Waals surface area contributed by atoms with Crippen LogP contribution >= 0.6 is 22.9 Å². The first-order chi connectivity index (χ1) is 11.8. The number of nitrogens with one attached hydrogen (secondary N) is 1. The molecule has 0 saturated carbocycles. The predicted octanol–water partition coefficient (Wildman–Crippen LogP) is 2.13. The molecule has 7 nitrogen and oxygen atoms in total. The number of hydrogen-bond donors (Lipinski definition) is 1. The maximum absolute atomic E-state index is 12.0. The molecule has 0 fully saturated rings. The van der Waals surface area contributed by atoms with E-state index in [9.17, 15) is 13.2 Å². The van der Waals surface area contributed by atoms with Gasteiger partial charge in [0.15, 0.2) is 11.7 Å². The number of benzene rings is 1. The summed E-state index contributed by atoms with van der Waals surface area (Å²) in [4.78, 5) is 17.2. The van der Waals surface area contributed by atoms with Crippen LogP contribution in [0.25, 0.3) is 0 Å². The summed E-state index contributed by atoms with van der Waals surface area (Å²) in [6, 6.07) is 6.71. The molecule has 1 amide bonds. The highest BCUT2D eigenvalue weighted by molar-refractivity contribution is 7.88. The molecule has 0 saturated heterocycles. The maximum Gasteiger partial charge on any atom is 0.264 e. The van der Waals surface area contributed by atoms with Crippen LogP contribution in [0.1, 0.15) is 10.6 Å². The van der Waals surface area contributed by atoms with Crippen molar-refractivity contribution in [3.05, 3.63) is 39.9 Å². The Morgan fingerprint density at radius 2 is 2.12 bits per heavy atom. The van der Waals surface area contributed by atoms with E-state index in [1.54, 1.807) is 24.3 Å². The molecule has 0 unspecified atom stereocenters. The highest BCUT2D eigenvalue weighted by Gasteiger charge is 2.26. The molecule has 0 radical (unpaired) electrons. The number of ether oxygens (including phenoxy) is 1. The number of hydrogen-bond acceptors (Lipinski definition) is 6. The molecular weight excluding hydrogens is 386 g/mol. The van der Waals surface area contributed by atoms with Crippen molar-refractivity contribution in [2.24, 2.45) is 0 Å².